The Bertz CT molecular complexity index is 564. The Hall–Kier alpha value is -1.88. The smallest absolute Gasteiger partial charge is 0.348 e. The third kappa shape index (κ3) is 3.79. The maximum Gasteiger partial charge on any atom is 0.348 e. The van der Waals surface area contributed by atoms with Crippen molar-refractivity contribution in [2.75, 3.05) is 5.32 Å². The van der Waals surface area contributed by atoms with Crippen LogP contribution in [0, 0.1) is 0 Å². The first-order valence-electron chi connectivity index (χ1n) is 5.43. The highest BCUT2D eigenvalue weighted by molar-refractivity contribution is 6.21. The Morgan fingerprint density at radius 2 is 2.16 bits per heavy atom. The van der Waals surface area contributed by atoms with Crippen molar-refractivity contribution in [3.05, 3.63) is 54.0 Å². The lowest BCUT2D eigenvalue weighted by atomic mass is 10.2. The zero-order valence-electron chi connectivity index (χ0n) is 9.70. The van der Waals surface area contributed by atoms with Crippen molar-refractivity contribution in [1.82, 2.24) is 0 Å². The highest BCUT2D eigenvalue weighted by Crippen LogP contribution is 2.33. The Balaban J connectivity index is 2.05. The molecule has 1 heterocycles. The van der Waals surface area contributed by atoms with Gasteiger partial charge in [0.05, 0.1) is 18.9 Å². The van der Waals surface area contributed by atoms with Crippen molar-refractivity contribution >= 4 is 23.2 Å². The number of rotatable bonds is 4. The minimum atomic E-state index is -3.45. The fraction of sp³-hybridized carbons (Fsp3) is 0.154. The molecule has 0 bridgehead atoms. The van der Waals surface area contributed by atoms with E-state index in [1.165, 1.54) is 30.7 Å². The van der Waals surface area contributed by atoms with Crippen molar-refractivity contribution in [3.8, 4) is 0 Å². The number of nitrogens with one attached hydrogen (secondary N) is 1. The van der Waals surface area contributed by atoms with Gasteiger partial charge >= 0.3 is 5.38 Å². The van der Waals surface area contributed by atoms with Crippen LogP contribution in [0.4, 0.5) is 14.5 Å². The molecule has 2 rings (SSSR count). The van der Waals surface area contributed by atoms with Crippen molar-refractivity contribution < 1.29 is 18.0 Å². The molecule has 0 atom stereocenters. The van der Waals surface area contributed by atoms with Crippen LogP contribution in [-0.2, 0) is 16.6 Å². The second-order valence-electron chi connectivity index (χ2n) is 3.94. The molecule has 0 aliphatic heterocycles. The van der Waals surface area contributed by atoms with Crippen molar-refractivity contribution in [2.45, 2.75) is 11.8 Å². The quantitative estimate of drug-likeness (QED) is 0.869. The summed E-state index contributed by atoms with van der Waals surface area (Å²) in [7, 11) is 0. The van der Waals surface area contributed by atoms with Gasteiger partial charge in [0, 0.05) is 11.3 Å². The molecule has 0 unspecified atom stereocenters. The minimum Gasteiger partial charge on any atom is -0.472 e. The largest absolute Gasteiger partial charge is 0.472 e. The summed E-state index contributed by atoms with van der Waals surface area (Å²) in [5, 5.41) is -0.933. The number of furan rings is 1. The molecule has 1 aromatic heterocycles. The number of hydrogen-bond acceptors (Lipinski definition) is 2. The standard InChI is InChI=1S/C13H10ClF2NO2/c14-13(15,16)10-2-1-3-11(7-10)17-12(18)6-9-4-5-19-8-9/h1-5,7-8H,6H2,(H,17,18). The van der Waals surface area contributed by atoms with Crippen LogP contribution in [0.25, 0.3) is 0 Å². The summed E-state index contributed by atoms with van der Waals surface area (Å²) < 4.78 is 30.7. The average molecular weight is 286 g/mol. The summed E-state index contributed by atoms with van der Waals surface area (Å²) in [6.07, 6.45) is 3.01. The number of amides is 1. The van der Waals surface area contributed by atoms with E-state index in [1.54, 1.807) is 6.07 Å². The lowest BCUT2D eigenvalue weighted by molar-refractivity contribution is -0.115. The first kappa shape index (κ1) is 13.5. The summed E-state index contributed by atoms with van der Waals surface area (Å²) in [6.45, 7) is 0. The molecule has 1 amide bonds. The third-order valence-corrected chi connectivity index (χ3v) is 2.64. The molecule has 0 saturated carbocycles. The van der Waals surface area contributed by atoms with Gasteiger partial charge in [0.1, 0.15) is 0 Å². The van der Waals surface area contributed by atoms with Crippen LogP contribution in [0.1, 0.15) is 11.1 Å². The van der Waals surface area contributed by atoms with Crippen LogP contribution in [0.2, 0.25) is 0 Å². The predicted molar refractivity (Wildman–Crippen MR) is 67.2 cm³/mol. The zero-order chi connectivity index (χ0) is 13.9. The first-order chi connectivity index (χ1) is 8.95. The SMILES string of the molecule is O=C(Cc1ccoc1)Nc1cccc(C(F)(F)Cl)c1. The zero-order valence-corrected chi connectivity index (χ0v) is 10.5. The van der Waals surface area contributed by atoms with Crippen LogP contribution in [0.3, 0.4) is 0 Å². The fourth-order valence-corrected chi connectivity index (χ4v) is 1.67. The van der Waals surface area contributed by atoms with E-state index < -0.39 is 5.38 Å². The van der Waals surface area contributed by atoms with E-state index in [2.05, 4.69) is 5.32 Å². The third-order valence-electron chi connectivity index (χ3n) is 2.42. The molecule has 19 heavy (non-hydrogen) atoms. The van der Waals surface area contributed by atoms with E-state index in [1.807, 2.05) is 0 Å². The van der Waals surface area contributed by atoms with Crippen LogP contribution in [0.15, 0.2) is 47.3 Å². The topological polar surface area (TPSA) is 42.2 Å². The van der Waals surface area contributed by atoms with Crippen molar-refractivity contribution in [1.29, 1.82) is 0 Å². The molecule has 2 aromatic rings. The van der Waals surface area contributed by atoms with Gasteiger partial charge < -0.3 is 9.73 Å². The first-order valence-corrected chi connectivity index (χ1v) is 5.81. The Labute approximate surface area is 113 Å². The van der Waals surface area contributed by atoms with Gasteiger partial charge in [0.25, 0.3) is 0 Å². The molecule has 0 aliphatic carbocycles. The van der Waals surface area contributed by atoms with E-state index in [0.29, 0.717) is 5.56 Å². The van der Waals surface area contributed by atoms with Gasteiger partial charge in [-0.2, -0.15) is 8.78 Å². The maximum atomic E-state index is 12.9. The molecule has 100 valence electrons. The van der Waals surface area contributed by atoms with Crippen molar-refractivity contribution in [2.24, 2.45) is 0 Å². The van der Waals surface area contributed by atoms with E-state index in [9.17, 15) is 13.6 Å². The monoisotopic (exact) mass is 285 g/mol. The molecule has 6 heteroatoms. The van der Waals surface area contributed by atoms with Crippen molar-refractivity contribution in [3.63, 3.8) is 0 Å². The molecular weight excluding hydrogens is 276 g/mol. The van der Waals surface area contributed by atoms with E-state index in [-0.39, 0.29) is 23.6 Å². The molecule has 0 radical (unpaired) electrons. The molecule has 0 spiro atoms. The Morgan fingerprint density at radius 1 is 1.37 bits per heavy atom. The number of hydrogen-bond donors (Lipinski definition) is 1. The lowest BCUT2D eigenvalue weighted by Crippen LogP contribution is -2.14. The summed E-state index contributed by atoms with van der Waals surface area (Å²) in [5.74, 6) is -0.323. The van der Waals surface area contributed by atoms with Crippen LogP contribution >= 0.6 is 11.6 Å². The molecule has 3 nitrogen and oxygen atoms in total. The van der Waals surface area contributed by atoms with E-state index in [0.717, 1.165) is 6.07 Å². The van der Waals surface area contributed by atoms with Crippen LogP contribution < -0.4 is 5.32 Å². The summed E-state index contributed by atoms with van der Waals surface area (Å²) in [4.78, 5) is 11.7. The highest BCUT2D eigenvalue weighted by Gasteiger charge is 2.27. The Morgan fingerprint density at radius 3 is 2.79 bits per heavy atom. The van der Waals surface area contributed by atoms with E-state index in [4.69, 9.17) is 16.0 Å². The summed E-state index contributed by atoms with van der Waals surface area (Å²) in [5.41, 5.74) is 0.609. The predicted octanol–water partition coefficient (Wildman–Crippen LogP) is 3.75. The van der Waals surface area contributed by atoms with Gasteiger partial charge in [-0.15, -0.1) is 0 Å². The van der Waals surface area contributed by atoms with E-state index >= 15 is 0 Å². The van der Waals surface area contributed by atoms with Gasteiger partial charge in [0.15, 0.2) is 0 Å². The average Bonchev–Trinajstić information content (AvgIpc) is 2.80. The maximum absolute atomic E-state index is 12.9. The number of halogens is 3. The number of alkyl halides is 3. The number of carbonyl (C=O) groups excluding carboxylic acids is 1. The summed E-state index contributed by atoms with van der Waals surface area (Å²) in [6, 6.07) is 6.90. The summed E-state index contributed by atoms with van der Waals surface area (Å²) >= 11 is 4.92. The minimum absolute atomic E-state index is 0.109. The Kier molecular flexibility index (Phi) is 3.85. The normalized spacial score (nSPS) is 11.3. The van der Waals surface area contributed by atoms with Gasteiger partial charge in [0.2, 0.25) is 5.91 Å². The van der Waals surface area contributed by atoms with Gasteiger partial charge in [-0.25, -0.2) is 0 Å². The number of benzene rings is 1. The molecule has 1 N–H and O–H groups in total. The van der Waals surface area contributed by atoms with Crippen LogP contribution in [0.5, 0.6) is 0 Å². The van der Waals surface area contributed by atoms with Gasteiger partial charge in [-0.3, -0.25) is 4.79 Å². The lowest BCUT2D eigenvalue weighted by Gasteiger charge is -2.10. The molecule has 0 saturated heterocycles. The molecule has 0 fully saturated rings. The fourth-order valence-electron chi connectivity index (χ4n) is 1.56. The molecule has 1 aromatic carbocycles. The number of anilines is 1. The van der Waals surface area contributed by atoms with Gasteiger partial charge in [-0.1, -0.05) is 12.1 Å². The second-order valence-corrected chi connectivity index (χ2v) is 4.41. The molecular formula is C13H10ClF2NO2. The highest BCUT2D eigenvalue weighted by atomic mass is 35.5. The second kappa shape index (κ2) is 5.40. The van der Waals surface area contributed by atoms with Crippen LogP contribution in [-0.4, -0.2) is 5.91 Å². The number of carbonyl (C=O) groups is 1. The molecule has 0 aliphatic rings. The van der Waals surface area contributed by atoms with Gasteiger partial charge in [-0.05, 0) is 35.4 Å².